The van der Waals surface area contributed by atoms with Crippen molar-refractivity contribution in [1.82, 2.24) is 4.90 Å². The molecule has 1 saturated heterocycles. The van der Waals surface area contributed by atoms with E-state index >= 15 is 0 Å². The molecule has 0 atom stereocenters. The number of rotatable bonds is 2. The number of hydrogen-bond donors (Lipinski definition) is 1. The zero-order valence-corrected chi connectivity index (χ0v) is 7.76. The number of allylic oxidation sites excluding steroid dienone is 1. The van der Waals surface area contributed by atoms with Crippen LogP contribution >= 0.6 is 0 Å². The van der Waals surface area contributed by atoms with Gasteiger partial charge in [-0.15, -0.1) is 0 Å². The Morgan fingerprint density at radius 3 is 2.17 bits per heavy atom. The third kappa shape index (κ3) is 1.78. The van der Waals surface area contributed by atoms with Crippen LogP contribution in [0.5, 0.6) is 0 Å². The molecule has 1 aliphatic heterocycles. The lowest BCUT2D eigenvalue weighted by Crippen LogP contribution is -2.22. The van der Waals surface area contributed by atoms with Crippen LogP contribution in [-0.2, 0) is 4.79 Å². The van der Waals surface area contributed by atoms with Gasteiger partial charge in [-0.25, -0.2) is 0 Å². The van der Waals surface area contributed by atoms with E-state index in [2.05, 4.69) is 4.90 Å². The quantitative estimate of drug-likeness (QED) is 0.622. The third-order valence-corrected chi connectivity index (χ3v) is 2.49. The number of amides is 1. The van der Waals surface area contributed by atoms with Crippen LogP contribution in [0.3, 0.4) is 0 Å². The highest BCUT2D eigenvalue weighted by atomic mass is 16.1. The van der Waals surface area contributed by atoms with Crippen molar-refractivity contribution in [2.45, 2.75) is 26.7 Å². The van der Waals surface area contributed by atoms with E-state index in [9.17, 15) is 4.79 Å². The smallest absolute Gasteiger partial charge is 0.246 e. The molecule has 1 heterocycles. The molecule has 0 bridgehead atoms. The average molecular weight is 168 g/mol. The second-order valence-electron chi connectivity index (χ2n) is 3.27. The van der Waals surface area contributed by atoms with Crippen LogP contribution in [0, 0.1) is 0 Å². The highest BCUT2D eigenvalue weighted by Gasteiger charge is 2.14. The number of carbonyl (C=O) groups excluding carboxylic acids is 1. The van der Waals surface area contributed by atoms with Gasteiger partial charge in [0.1, 0.15) is 0 Å². The largest absolute Gasteiger partial charge is 0.375 e. The lowest BCUT2D eigenvalue weighted by atomic mass is 10.2. The van der Waals surface area contributed by atoms with Crippen molar-refractivity contribution >= 4 is 5.91 Å². The molecule has 0 aromatic heterocycles. The first-order valence-electron chi connectivity index (χ1n) is 4.35. The van der Waals surface area contributed by atoms with E-state index in [0.717, 1.165) is 18.8 Å². The minimum atomic E-state index is -0.306. The van der Waals surface area contributed by atoms with Gasteiger partial charge in [-0.3, -0.25) is 4.79 Å². The molecule has 0 aliphatic carbocycles. The predicted molar refractivity (Wildman–Crippen MR) is 48.4 cm³/mol. The summed E-state index contributed by atoms with van der Waals surface area (Å²) in [6, 6.07) is 0. The Bertz CT molecular complexity index is 215. The van der Waals surface area contributed by atoms with Gasteiger partial charge in [0.15, 0.2) is 0 Å². The van der Waals surface area contributed by atoms with Gasteiger partial charge >= 0.3 is 0 Å². The third-order valence-electron chi connectivity index (χ3n) is 2.49. The summed E-state index contributed by atoms with van der Waals surface area (Å²) in [6.45, 7) is 5.88. The summed E-state index contributed by atoms with van der Waals surface area (Å²) in [5.41, 5.74) is 6.91. The minimum Gasteiger partial charge on any atom is -0.375 e. The molecule has 2 N–H and O–H groups in total. The molecular formula is C9H16N2O. The summed E-state index contributed by atoms with van der Waals surface area (Å²) < 4.78 is 0. The summed E-state index contributed by atoms with van der Waals surface area (Å²) in [5, 5.41) is 0. The van der Waals surface area contributed by atoms with Gasteiger partial charge in [0.25, 0.3) is 0 Å². The topological polar surface area (TPSA) is 46.3 Å². The molecule has 3 heteroatoms. The van der Waals surface area contributed by atoms with Crippen molar-refractivity contribution in [2.24, 2.45) is 5.73 Å². The van der Waals surface area contributed by atoms with Gasteiger partial charge in [0.05, 0.1) is 0 Å². The Kier molecular flexibility index (Phi) is 2.74. The van der Waals surface area contributed by atoms with E-state index in [1.807, 2.05) is 6.92 Å². The molecule has 0 radical (unpaired) electrons. The van der Waals surface area contributed by atoms with Crippen LogP contribution in [0.1, 0.15) is 26.7 Å². The van der Waals surface area contributed by atoms with E-state index in [0.29, 0.717) is 5.57 Å². The van der Waals surface area contributed by atoms with Crippen LogP contribution in [0.2, 0.25) is 0 Å². The van der Waals surface area contributed by atoms with Crippen molar-refractivity contribution in [2.75, 3.05) is 13.1 Å². The van der Waals surface area contributed by atoms with Crippen LogP contribution in [0.15, 0.2) is 11.3 Å². The Morgan fingerprint density at radius 1 is 1.25 bits per heavy atom. The Balaban J connectivity index is 2.72. The minimum absolute atomic E-state index is 0.306. The molecule has 0 spiro atoms. The maximum Gasteiger partial charge on any atom is 0.246 e. The normalized spacial score (nSPS) is 19.3. The van der Waals surface area contributed by atoms with E-state index in [1.165, 1.54) is 12.8 Å². The highest BCUT2D eigenvalue weighted by molar-refractivity contribution is 5.91. The number of hydrogen-bond acceptors (Lipinski definition) is 2. The van der Waals surface area contributed by atoms with Crippen LogP contribution in [0.4, 0.5) is 0 Å². The fourth-order valence-corrected chi connectivity index (χ4v) is 1.47. The molecule has 1 rings (SSSR count). The molecule has 0 aromatic rings. The number of nitrogens with two attached hydrogens (primary N) is 1. The summed E-state index contributed by atoms with van der Waals surface area (Å²) >= 11 is 0. The second-order valence-corrected chi connectivity index (χ2v) is 3.27. The van der Waals surface area contributed by atoms with Crippen LogP contribution < -0.4 is 5.73 Å². The fourth-order valence-electron chi connectivity index (χ4n) is 1.47. The summed E-state index contributed by atoms with van der Waals surface area (Å²) in [5.74, 6) is -0.306. The average Bonchev–Trinajstić information content (AvgIpc) is 2.53. The highest BCUT2D eigenvalue weighted by Crippen LogP contribution is 2.16. The first-order chi connectivity index (χ1) is 5.63. The molecular weight excluding hydrogens is 152 g/mol. The van der Waals surface area contributed by atoms with Gasteiger partial charge in [0.2, 0.25) is 5.91 Å². The fraction of sp³-hybridized carbons (Fsp3) is 0.667. The maximum absolute atomic E-state index is 10.8. The van der Waals surface area contributed by atoms with Crippen molar-refractivity contribution in [1.29, 1.82) is 0 Å². The van der Waals surface area contributed by atoms with Gasteiger partial charge in [-0.05, 0) is 26.7 Å². The monoisotopic (exact) mass is 168 g/mol. The molecule has 68 valence electrons. The number of likely N-dealkylation sites (tertiary alicyclic amines) is 1. The maximum atomic E-state index is 10.8. The van der Waals surface area contributed by atoms with E-state index < -0.39 is 0 Å². The zero-order valence-electron chi connectivity index (χ0n) is 7.76. The SMILES string of the molecule is CC(C(N)=O)=C(C)N1CCCC1. The lowest BCUT2D eigenvalue weighted by Gasteiger charge is -2.19. The number of primary amides is 1. The first kappa shape index (κ1) is 9.10. The van der Waals surface area contributed by atoms with Crippen molar-refractivity contribution in [3.05, 3.63) is 11.3 Å². The van der Waals surface area contributed by atoms with Crippen molar-refractivity contribution < 1.29 is 4.79 Å². The van der Waals surface area contributed by atoms with Gasteiger partial charge in [0, 0.05) is 24.4 Å². The molecule has 12 heavy (non-hydrogen) atoms. The lowest BCUT2D eigenvalue weighted by molar-refractivity contribution is -0.114. The van der Waals surface area contributed by atoms with Gasteiger partial charge in [-0.2, -0.15) is 0 Å². The molecule has 0 saturated carbocycles. The van der Waals surface area contributed by atoms with Crippen molar-refractivity contribution in [3.63, 3.8) is 0 Å². The Labute approximate surface area is 73.2 Å². The van der Waals surface area contributed by atoms with Crippen LogP contribution in [-0.4, -0.2) is 23.9 Å². The van der Waals surface area contributed by atoms with Crippen LogP contribution in [0.25, 0.3) is 0 Å². The Hall–Kier alpha value is -0.990. The Morgan fingerprint density at radius 2 is 1.75 bits per heavy atom. The molecule has 3 nitrogen and oxygen atoms in total. The number of nitrogens with zero attached hydrogens (tertiary/aromatic N) is 1. The molecule has 1 fully saturated rings. The summed E-state index contributed by atoms with van der Waals surface area (Å²) in [4.78, 5) is 13.1. The predicted octanol–water partition coefficient (Wildman–Crippen LogP) is 0.861. The standard InChI is InChI=1S/C9H16N2O/c1-7(9(10)12)8(2)11-5-3-4-6-11/h3-6H2,1-2H3,(H2,10,12). The second kappa shape index (κ2) is 3.61. The summed E-state index contributed by atoms with van der Waals surface area (Å²) in [6.07, 6.45) is 2.45. The molecule has 1 amide bonds. The first-order valence-corrected chi connectivity index (χ1v) is 4.35. The molecule has 1 aliphatic rings. The van der Waals surface area contributed by atoms with Gasteiger partial charge < -0.3 is 10.6 Å². The number of carbonyl (C=O) groups is 1. The van der Waals surface area contributed by atoms with E-state index in [-0.39, 0.29) is 5.91 Å². The van der Waals surface area contributed by atoms with E-state index in [1.54, 1.807) is 6.92 Å². The summed E-state index contributed by atoms with van der Waals surface area (Å²) in [7, 11) is 0. The van der Waals surface area contributed by atoms with Crippen molar-refractivity contribution in [3.8, 4) is 0 Å². The zero-order chi connectivity index (χ0) is 9.14. The van der Waals surface area contributed by atoms with Gasteiger partial charge in [-0.1, -0.05) is 0 Å². The molecule has 0 unspecified atom stereocenters. The molecule has 0 aromatic carbocycles. The van der Waals surface area contributed by atoms with E-state index in [4.69, 9.17) is 5.73 Å².